The van der Waals surface area contributed by atoms with E-state index in [-0.39, 0.29) is 20.6 Å². The Labute approximate surface area is 125 Å². The lowest BCUT2D eigenvalue weighted by Crippen LogP contribution is -2.13. The van der Waals surface area contributed by atoms with Gasteiger partial charge in [0, 0.05) is 0 Å². The minimum atomic E-state index is -3.90. The van der Waals surface area contributed by atoms with Crippen LogP contribution in [-0.2, 0) is 16.4 Å². The molecule has 0 unspecified atom stereocenters. The lowest BCUT2D eigenvalue weighted by atomic mass is 10.2. The third-order valence-electron chi connectivity index (χ3n) is 2.34. The Bertz CT molecular complexity index is 780. The van der Waals surface area contributed by atoms with E-state index in [1.54, 1.807) is 0 Å². The molecule has 0 saturated heterocycles. The molecule has 1 aromatic heterocycles. The van der Waals surface area contributed by atoms with Gasteiger partial charge in [-0.15, -0.1) is 10.2 Å². The van der Waals surface area contributed by atoms with Gasteiger partial charge in [-0.3, -0.25) is 4.72 Å². The molecule has 0 aliphatic rings. The molecule has 0 fully saturated rings. The van der Waals surface area contributed by atoms with Crippen molar-refractivity contribution >= 4 is 38.1 Å². The Hall–Kier alpha value is -1.69. The van der Waals surface area contributed by atoms with Crippen LogP contribution in [0.1, 0.15) is 17.5 Å². The molecule has 0 aliphatic carbocycles. The van der Waals surface area contributed by atoms with Crippen LogP contribution in [0, 0.1) is 11.3 Å². The van der Waals surface area contributed by atoms with Crippen molar-refractivity contribution in [2.24, 2.45) is 0 Å². The number of sulfonamides is 1. The predicted molar refractivity (Wildman–Crippen MR) is 76.3 cm³/mol. The van der Waals surface area contributed by atoms with Gasteiger partial charge in [-0.25, -0.2) is 8.42 Å². The molecule has 9 heteroatoms. The maximum absolute atomic E-state index is 12.2. The van der Waals surface area contributed by atoms with Gasteiger partial charge >= 0.3 is 0 Å². The molecule has 0 radical (unpaired) electrons. The Morgan fingerprint density at radius 2 is 2.20 bits per heavy atom. The van der Waals surface area contributed by atoms with Gasteiger partial charge in [-0.05, 0) is 24.6 Å². The minimum absolute atomic E-state index is 0.0386. The highest BCUT2D eigenvalue weighted by Crippen LogP contribution is 2.26. The number of hydrogen-bond acceptors (Lipinski definition) is 6. The Morgan fingerprint density at radius 3 is 2.80 bits per heavy atom. The van der Waals surface area contributed by atoms with E-state index >= 15 is 0 Å². The first-order chi connectivity index (χ1) is 9.46. The zero-order valence-corrected chi connectivity index (χ0v) is 12.7. The van der Waals surface area contributed by atoms with Crippen molar-refractivity contribution in [3.63, 3.8) is 0 Å². The molecule has 0 atom stereocenters. The van der Waals surface area contributed by atoms with Crippen LogP contribution >= 0.6 is 22.9 Å². The van der Waals surface area contributed by atoms with Gasteiger partial charge in [0.1, 0.15) is 9.90 Å². The second-order valence-electron chi connectivity index (χ2n) is 3.72. The first-order valence-corrected chi connectivity index (χ1v) is 8.19. The topological polar surface area (TPSA) is 95.7 Å². The van der Waals surface area contributed by atoms with E-state index in [9.17, 15) is 8.42 Å². The third-order valence-corrected chi connectivity index (χ3v) is 5.27. The maximum atomic E-state index is 12.2. The van der Waals surface area contributed by atoms with Crippen molar-refractivity contribution in [2.45, 2.75) is 18.2 Å². The average molecular weight is 329 g/mol. The van der Waals surface area contributed by atoms with E-state index in [0.29, 0.717) is 6.42 Å². The monoisotopic (exact) mass is 328 g/mol. The van der Waals surface area contributed by atoms with Crippen LogP contribution in [0.4, 0.5) is 5.13 Å². The van der Waals surface area contributed by atoms with Crippen LogP contribution in [0.3, 0.4) is 0 Å². The van der Waals surface area contributed by atoms with Gasteiger partial charge in [0.25, 0.3) is 10.0 Å². The summed E-state index contributed by atoms with van der Waals surface area (Å²) < 4.78 is 26.7. The number of aromatic nitrogens is 2. The number of benzene rings is 1. The fourth-order valence-corrected chi connectivity index (χ4v) is 3.82. The van der Waals surface area contributed by atoms with E-state index in [4.69, 9.17) is 16.9 Å². The molecule has 1 aromatic carbocycles. The number of nitrogens with one attached hydrogen (secondary N) is 1. The molecule has 6 nitrogen and oxygen atoms in total. The summed E-state index contributed by atoms with van der Waals surface area (Å²) in [5.41, 5.74) is 0.210. The molecule has 0 aliphatic heterocycles. The molecule has 0 spiro atoms. The maximum Gasteiger partial charge on any atom is 0.265 e. The zero-order valence-electron chi connectivity index (χ0n) is 10.3. The molecule has 2 rings (SSSR count). The quantitative estimate of drug-likeness (QED) is 0.929. The molecule has 2 aromatic rings. The summed E-state index contributed by atoms with van der Waals surface area (Å²) in [4.78, 5) is -0.161. The van der Waals surface area contributed by atoms with E-state index in [1.807, 2.05) is 13.0 Å². The van der Waals surface area contributed by atoms with E-state index in [0.717, 1.165) is 16.3 Å². The van der Waals surface area contributed by atoms with Gasteiger partial charge in [0.2, 0.25) is 5.13 Å². The molecule has 1 N–H and O–H groups in total. The molecule has 20 heavy (non-hydrogen) atoms. The Balaban J connectivity index is 2.38. The Kier molecular flexibility index (Phi) is 4.23. The Morgan fingerprint density at radius 1 is 1.45 bits per heavy atom. The van der Waals surface area contributed by atoms with Gasteiger partial charge in [-0.2, -0.15) is 5.26 Å². The normalized spacial score (nSPS) is 11.1. The van der Waals surface area contributed by atoms with Gasteiger partial charge in [0.05, 0.1) is 16.7 Å². The highest BCUT2D eigenvalue weighted by molar-refractivity contribution is 7.93. The van der Waals surface area contributed by atoms with Gasteiger partial charge in [0.15, 0.2) is 0 Å². The van der Waals surface area contributed by atoms with Crippen molar-refractivity contribution in [1.82, 2.24) is 10.2 Å². The van der Waals surface area contributed by atoms with E-state index < -0.39 is 10.0 Å². The van der Waals surface area contributed by atoms with E-state index in [2.05, 4.69) is 14.9 Å². The van der Waals surface area contributed by atoms with E-state index in [1.165, 1.54) is 18.2 Å². The van der Waals surface area contributed by atoms with Crippen LogP contribution in [0.25, 0.3) is 0 Å². The summed E-state index contributed by atoms with van der Waals surface area (Å²) in [5.74, 6) is 0. The van der Waals surface area contributed by atoms with Gasteiger partial charge in [-0.1, -0.05) is 29.9 Å². The number of nitrogens with zero attached hydrogens (tertiary/aromatic N) is 3. The summed E-state index contributed by atoms with van der Waals surface area (Å²) in [6.07, 6.45) is 0.671. The SMILES string of the molecule is CCc1nnc(NS(=O)(=O)c2cc(C#N)ccc2Cl)s1. The average Bonchev–Trinajstić information content (AvgIpc) is 2.86. The number of aryl methyl sites for hydroxylation is 1. The summed E-state index contributed by atoms with van der Waals surface area (Å²) in [7, 11) is -3.90. The molecule has 1 heterocycles. The standard InChI is InChI=1S/C11H9ClN4O2S2/c1-2-10-14-15-11(19-10)16-20(17,18)9-5-7(6-13)3-4-8(9)12/h3-5H,2H2,1H3,(H,15,16). The van der Waals surface area contributed by atoms with Crippen LogP contribution in [-0.4, -0.2) is 18.6 Å². The molecule has 0 amide bonds. The second kappa shape index (κ2) is 5.75. The van der Waals surface area contributed by atoms with Crippen molar-refractivity contribution in [1.29, 1.82) is 5.26 Å². The number of hydrogen-bond donors (Lipinski definition) is 1. The summed E-state index contributed by atoms with van der Waals surface area (Å²) >= 11 is 7.02. The summed E-state index contributed by atoms with van der Waals surface area (Å²) in [5, 5.41) is 17.3. The third kappa shape index (κ3) is 3.07. The van der Waals surface area contributed by atoms with Crippen LogP contribution in [0.2, 0.25) is 5.02 Å². The van der Waals surface area contributed by atoms with Crippen molar-refractivity contribution in [2.75, 3.05) is 4.72 Å². The smallest absolute Gasteiger partial charge is 0.253 e. The molecular formula is C11H9ClN4O2S2. The largest absolute Gasteiger partial charge is 0.265 e. The van der Waals surface area contributed by atoms with Crippen LogP contribution < -0.4 is 4.72 Å². The minimum Gasteiger partial charge on any atom is -0.253 e. The first-order valence-electron chi connectivity index (χ1n) is 5.51. The number of halogens is 1. The highest BCUT2D eigenvalue weighted by Gasteiger charge is 2.20. The molecular weight excluding hydrogens is 320 g/mol. The van der Waals surface area contributed by atoms with Crippen molar-refractivity contribution in [3.8, 4) is 6.07 Å². The van der Waals surface area contributed by atoms with Crippen LogP contribution in [0.15, 0.2) is 23.1 Å². The van der Waals surface area contributed by atoms with Crippen molar-refractivity contribution < 1.29 is 8.42 Å². The molecule has 0 bridgehead atoms. The summed E-state index contributed by atoms with van der Waals surface area (Å²) in [6, 6.07) is 5.90. The highest BCUT2D eigenvalue weighted by atomic mass is 35.5. The fourth-order valence-electron chi connectivity index (χ4n) is 1.39. The molecule has 104 valence electrons. The lowest BCUT2D eigenvalue weighted by molar-refractivity contribution is 0.601. The number of rotatable bonds is 4. The van der Waals surface area contributed by atoms with Crippen LogP contribution in [0.5, 0.6) is 0 Å². The number of nitriles is 1. The number of anilines is 1. The summed E-state index contributed by atoms with van der Waals surface area (Å²) in [6.45, 7) is 1.89. The molecule has 0 saturated carbocycles. The fraction of sp³-hybridized carbons (Fsp3) is 0.182. The zero-order chi connectivity index (χ0) is 14.8. The van der Waals surface area contributed by atoms with Crippen molar-refractivity contribution in [3.05, 3.63) is 33.8 Å². The first kappa shape index (κ1) is 14.7. The lowest BCUT2D eigenvalue weighted by Gasteiger charge is -2.06. The predicted octanol–water partition coefficient (Wildman–Crippen LogP) is 2.43. The van der Waals surface area contributed by atoms with Gasteiger partial charge < -0.3 is 0 Å². The second-order valence-corrected chi connectivity index (χ2v) is 6.84.